The van der Waals surface area contributed by atoms with E-state index in [0.717, 1.165) is 51.8 Å². The van der Waals surface area contributed by atoms with Gasteiger partial charge in [-0.05, 0) is 60.7 Å². The van der Waals surface area contributed by atoms with Crippen molar-refractivity contribution in [2.24, 2.45) is 5.92 Å². The number of pyridine rings is 2. The van der Waals surface area contributed by atoms with Crippen molar-refractivity contribution in [3.8, 4) is 33.8 Å². The Morgan fingerprint density at radius 2 is 1.78 bits per heavy atom. The minimum Gasteiger partial charge on any atom is -0.353 e. The molecule has 0 spiro atoms. The molecule has 2 aromatic carbocycles. The standard InChI is InChI=1S/C33H29FN6O/c34-26-11-5-4-9-24(26)23-10-6-12-28-25(23)17-30(37-28)33-32-29(39-40-33)14-13-27(38-32)21-16-22(19-35-18-21)36-31(41)15-20-7-2-1-3-8-20/h4-6,9-14,16-20,37H,1-3,7-8,15H2,(H,36,41)(H,39,40). The van der Waals surface area contributed by atoms with Crippen LogP contribution in [0.4, 0.5) is 10.1 Å². The van der Waals surface area contributed by atoms with Crippen molar-refractivity contribution >= 4 is 33.5 Å². The van der Waals surface area contributed by atoms with Crippen molar-refractivity contribution in [1.29, 1.82) is 0 Å². The second-order valence-electron chi connectivity index (χ2n) is 10.8. The van der Waals surface area contributed by atoms with Gasteiger partial charge >= 0.3 is 0 Å². The van der Waals surface area contributed by atoms with Crippen LogP contribution < -0.4 is 5.32 Å². The van der Waals surface area contributed by atoms with E-state index in [2.05, 4.69) is 25.5 Å². The first kappa shape index (κ1) is 25.1. The fourth-order valence-electron chi connectivity index (χ4n) is 5.96. The van der Waals surface area contributed by atoms with Crippen molar-refractivity contribution in [2.45, 2.75) is 38.5 Å². The molecule has 1 aliphatic carbocycles. The lowest BCUT2D eigenvalue weighted by Gasteiger charge is -2.20. The minimum absolute atomic E-state index is 0.0324. The van der Waals surface area contributed by atoms with E-state index in [1.165, 1.54) is 25.3 Å². The number of hydrogen-bond donors (Lipinski definition) is 3. The molecule has 7 nitrogen and oxygen atoms in total. The molecule has 1 saturated carbocycles. The summed E-state index contributed by atoms with van der Waals surface area (Å²) in [7, 11) is 0. The average molecular weight is 545 g/mol. The number of aromatic amines is 2. The first-order chi connectivity index (χ1) is 20.1. The summed E-state index contributed by atoms with van der Waals surface area (Å²) < 4.78 is 14.6. The molecule has 0 aliphatic heterocycles. The van der Waals surface area contributed by atoms with Gasteiger partial charge in [-0.25, -0.2) is 9.37 Å². The summed E-state index contributed by atoms with van der Waals surface area (Å²) in [4.78, 5) is 25.4. The molecule has 1 fully saturated rings. The number of nitrogens with one attached hydrogen (secondary N) is 3. The number of benzene rings is 2. The first-order valence-electron chi connectivity index (χ1n) is 14.1. The number of halogens is 1. The lowest BCUT2D eigenvalue weighted by molar-refractivity contribution is -0.117. The second kappa shape index (κ2) is 10.6. The van der Waals surface area contributed by atoms with Gasteiger partial charge in [0, 0.05) is 34.6 Å². The predicted octanol–water partition coefficient (Wildman–Crippen LogP) is 7.88. The number of fused-ring (bicyclic) bond motifs is 2. The number of aromatic nitrogens is 5. The Balaban J connectivity index is 1.20. The van der Waals surface area contributed by atoms with Crippen LogP contribution in [0.5, 0.6) is 0 Å². The highest BCUT2D eigenvalue weighted by molar-refractivity contribution is 6.00. The zero-order valence-corrected chi connectivity index (χ0v) is 22.5. The molecule has 41 heavy (non-hydrogen) atoms. The number of carbonyl (C=O) groups excluding carboxylic acids is 1. The summed E-state index contributed by atoms with van der Waals surface area (Å²) in [6.45, 7) is 0. The van der Waals surface area contributed by atoms with Crippen LogP contribution >= 0.6 is 0 Å². The summed E-state index contributed by atoms with van der Waals surface area (Å²) in [5, 5.41) is 11.6. The Morgan fingerprint density at radius 3 is 2.66 bits per heavy atom. The molecule has 0 atom stereocenters. The topological polar surface area (TPSA) is 99.4 Å². The third kappa shape index (κ3) is 4.97. The number of rotatable bonds is 6. The molecule has 204 valence electrons. The number of carbonyl (C=O) groups is 1. The van der Waals surface area contributed by atoms with Gasteiger partial charge in [0.2, 0.25) is 5.91 Å². The quantitative estimate of drug-likeness (QED) is 0.199. The van der Waals surface area contributed by atoms with Gasteiger partial charge in [0.25, 0.3) is 0 Å². The van der Waals surface area contributed by atoms with Crippen LogP contribution in [0.25, 0.3) is 55.7 Å². The fourth-order valence-corrected chi connectivity index (χ4v) is 5.96. The zero-order valence-electron chi connectivity index (χ0n) is 22.5. The Kier molecular flexibility index (Phi) is 6.51. The molecule has 0 saturated heterocycles. The number of nitrogens with zero attached hydrogens (tertiary/aromatic N) is 3. The van der Waals surface area contributed by atoms with Crippen LogP contribution in [-0.4, -0.2) is 31.1 Å². The summed E-state index contributed by atoms with van der Waals surface area (Å²) in [6, 6.07) is 20.3. The highest BCUT2D eigenvalue weighted by Gasteiger charge is 2.19. The van der Waals surface area contributed by atoms with E-state index in [1.54, 1.807) is 24.5 Å². The molecule has 3 N–H and O–H groups in total. The molecule has 6 aromatic rings. The molecule has 4 aromatic heterocycles. The van der Waals surface area contributed by atoms with Gasteiger partial charge in [0.1, 0.15) is 17.0 Å². The number of hydrogen-bond acceptors (Lipinski definition) is 4. The third-order valence-electron chi connectivity index (χ3n) is 8.01. The Labute approximate surface area is 236 Å². The van der Waals surface area contributed by atoms with Crippen molar-refractivity contribution < 1.29 is 9.18 Å². The third-order valence-corrected chi connectivity index (χ3v) is 8.01. The molecular formula is C33H29FN6O. The van der Waals surface area contributed by atoms with Crippen molar-refractivity contribution in [2.75, 3.05) is 5.32 Å². The van der Waals surface area contributed by atoms with Gasteiger partial charge in [-0.3, -0.25) is 14.9 Å². The largest absolute Gasteiger partial charge is 0.353 e. The summed E-state index contributed by atoms with van der Waals surface area (Å²) in [5.41, 5.74) is 7.37. The van der Waals surface area contributed by atoms with E-state index in [1.807, 2.05) is 48.5 Å². The lowest BCUT2D eigenvalue weighted by atomic mass is 9.87. The van der Waals surface area contributed by atoms with Crippen molar-refractivity contribution in [1.82, 2.24) is 25.1 Å². The van der Waals surface area contributed by atoms with E-state index >= 15 is 0 Å². The van der Waals surface area contributed by atoms with Gasteiger partial charge in [0.05, 0.1) is 28.8 Å². The molecule has 0 bridgehead atoms. The molecule has 4 heterocycles. The van der Waals surface area contributed by atoms with Crippen molar-refractivity contribution in [3.05, 3.63) is 84.9 Å². The fraction of sp³-hybridized carbons (Fsp3) is 0.212. The van der Waals surface area contributed by atoms with Crippen molar-refractivity contribution in [3.63, 3.8) is 0 Å². The molecule has 1 amide bonds. The van der Waals surface area contributed by atoms with Crippen LogP contribution in [0.15, 0.2) is 79.1 Å². The minimum atomic E-state index is -0.264. The first-order valence-corrected chi connectivity index (χ1v) is 14.1. The Hall–Kier alpha value is -4.85. The molecule has 0 radical (unpaired) electrons. The van der Waals surface area contributed by atoms with Gasteiger partial charge in [-0.2, -0.15) is 5.10 Å². The summed E-state index contributed by atoms with van der Waals surface area (Å²) in [6.07, 6.45) is 9.92. The zero-order chi connectivity index (χ0) is 27.8. The van der Waals surface area contributed by atoms with Gasteiger partial charge < -0.3 is 10.3 Å². The van der Waals surface area contributed by atoms with Gasteiger partial charge in [-0.15, -0.1) is 0 Å². The Morgan fingerprint density at radius 1 is 0.927 bits per heavy atom. The maximum Gasteiger partial charge on any atom is 0.224 e. The van der Waals surface area contributed by atoms with E-state index < -0.39 is 0 Å². The molecule has 1 aliphatic rings. The SMILES string of the molecule is O=C(CC1CCCCC1)Nc1cncc(-c2ccc3[nH]nc(-c4cc5c(-c6ccccc6F)cccc5[nH]4)c3n2)c1. The smallest absolute Gasteiger partial charge is 0.224 e. The van der Waals surface area contributed by atoms with E-state index in [9.17, 15) is 9.18 Å². The Bertz CT molecular complexity index is 1880. The number of anilines is 1. The van der Waals surface area contributed by atoms with Crippen LogP contribution in [-0.2, 0) is 4.79 Å². The van der Waals surface area contributed by atoms with Gasteiger partial charge in [-0.1, -0.05) is 49.6 Å². The summed E-state index contributed by atoms with van der Waals surface area (Å²) in [5.74, 6) is 0.237. The van der Waals surface area contributed by atoms with E-state index in [-0.39, 0.29) is 11.7 Å². The molecule has 8 heteroatoms. The maximum atomic E-state index is 14.6. The molecule has 0 unspecified atom stereocenters. The van der Waals surface area contributed by atoms with Gasteiger partial charge in [0.15, 0.2) is 0 Å². The average Bonchev–Trinajstić information content (AvgIpc) is 3.62. The number of amides is 1. The van der Waals surface area contributed by atoms with Crippen LogP contribution in [0.1, 0.15) is 38.5 Å². The summed E-state index contributed by atoms with van der Waals surface area (Å²) >= 11 is 0. The van der Waals surface area contributed by atoms with Crippen LogP contribution in [0.3, 0.4) is 0 Å². The normalized spacial score (nSPS) is 14.1. The lowest BCUT2D eigenvalue weighted by Crippen LogP contribution is -2.18. The molecular weight excluding hydrogens is 515 g/mol. The van der Waals surface area contributed by atoms with Crippen LogP contribution in [0, 0.1) is 11.7 Å². The predicted molar refractivity (Wildman–Crippen MR) is 160 cm³/mol. The van der Waals surface area contributed by atoms with E-state index in [0.29, 0.717) is 34.8 Å². The highest BCUT2D eigenvalue weighted by Crippen LogP contribution is 2.35. The van der Waals surface area contributed by atoms with Crippen LogP contribution in [0.2, 0.25) is 0 Å². The van der Waals surface area contributed by atoms with E-state index in [4.69, 9.17) is 4.98 Å². The maximum absolute atomic E-state index is 14.6. The molecule has 7 rings (SSSR count). The second-order valence-corrected chi connectivity index (χ2v) is 10.8. The monoisotopic (exact) mass is 544 g/mol. The highest BCUT2D eigenvalue weighted by atomic mass is 19.1. The number of H-pyrrole nitrogens is 2.